The van der Waals surface area contributed by atoms with E-state index in [0.717, 1.165) is 5.56 Å². The SMILES string of the molecule is CO[C@@H]1[C@H]2C/C=C\COC(=O)NC(Cc3ccccc3)C(=O)OCC[C@@H]2O[C@@H]1C[C@H]1COC(C)(C)O1. The summed E-state index contributed by atoms with van der Waals surface area (Å²) in [7, 11) is 1.69. The number of amides is 1. The maximum Gasteiger partial charge on any atom is 0.408 e. The normalized spacial score (nSPS) is 34.1. The molecule has 0 aromatic heterocycles. The van der Waals surface area contributed by atoms with E-state index in [2.05, 4.69) is 5.32 Å². The third-order valence-electron chi connectivity index (χ3n) is 6.84. The van der Waals surface area contributed by atoms with Crippen molar-refractivity contribution in [2.24, 2.45) is 5.92 Å². The zero-order valence-corrected chi connectivity index (χ0v) is 21.2. The number of ether oxygens (including phenoxy) is 6. The fraction of sp³-hybridized carbons (Fsp3) is 0.630. The molecule has 4 rings (SSSR count). The fourth-order valence-electron chi connectivity index (χ4n) is 5.16. The van der Waals surface area contributed by atoms with E-state index >= 15 is 0 Å². The number of carbonyl (C=O) groups excluding carboxylic acids is 2. The maximum atomic E-state index is 12.9. The molecule has 0 radical (unpaired) electrons. The quantitative estimate of drug-likeness (QED) is 0.483. The number of fused-ring (bicyclic) bond motifs is 1. The zero-order chi connectivity index (χ0) is 25.5. The van der Waals surface area contributed by atoms with Crippen molar-refractivity contribution in [1.29, 1.82) is 0 Å². The fourth-order valence-corrected chi connectivity index (χ4v) is 5.16. The highest BCUT2D eigenvalue weighted by molar-refractivity contribution is 5.81. The highest BCUT2D eigenvalue weighted by Crippen LogP contribution is 2.38. The van der Waals surface area contributed by atoms with Crippen LogP contribution in [0.4, 0.5) is 4.79 Å². The Labute approximate surface area is 212 Å². The third-order valence-corrected chi connectivity index (χ3v) is 6.84. The number of methoxy groups -OCH3 is 1. The summed E-state index contributed by atoms with van der Waals surface area (Å²) in [5.74, 6) is -1.05. The predicted molar refractivity (Wildman–Crippen MR) is 130 cm³/mol. The van der Waals surface area contributed by atoms with Crippen LogP contribution < -0.4 is 5.32 Å². The molecule has 0 bridgehead atoms. The molecule has 6 atom stereocenters. The van der Waals surface area contributed by atoms with Gasteiger partial charge in [0.2, 0.25) is 0 Å². The van der Waals surface area contributed by atoms with Gasteiger partial charge in [-0.15, -0.1) is 0 Å². The van der Waals surface area contributed by atoms with E-state index in [9.17, 15) is 9.59 Å². The first kappa shape index (κ1) is 26.6. The van der Waals surface area contributed by atoms with Gasteiger partial charge in [-0.25, -0.2) is 9.59 Å². The lowest BCUT2D eigenvalue weighted by atomic mass is 9.89. The second-order valence-electron chi connectivity index (χ2n) is 9.91. The highest BCUT2D eigenvalue weighted by Gasteiger charge is 2.46. The summed E-state index contributed by atoms with van der Waals surface area (Å²) in [6.07, 6.45) is 4.76. The van der Waals surface area contributed by atoms with Crippen molar-refractivity contribution >= 4 is 12.1 Å². The van der Waals surface area contributed by atoms with Gasteiger partial charge in [0.1, 0.15) is 12.6 Å². The monoisotopic (exact) mass is 503 g/mol. The van der Waals surface area contributed by atoms with Crippen molar-refractivity contribution < 1.29 is 38.0 Å². The second kappa shape index (κ2) is 12.2. The van der Waals surface area contributed by atoms with E-state index in [1.165, 1.54) is 0 Å². The van der Waals surface area contributed by atoms with Crippen LogP contribution in [0.25, 0.3) is 0 Å². The zero-order valence-electron chi connectivity index (χ0n) is 21.2. The average molecular weight is 504 g/mol. The van der Waals surface area contributed by atoms with Crippen LogP contribution in [-0.4, -0.2) is 75.2 Å². The van der Waals surface area contributed by atoms with Crippen molar-refractivity contribution in [2.45, 2.75) is 75.8 Å². The Balaban J connectivity index is 1.43. The number of nitrogens with one attached hydrogen (secondary N) is 1. The molecule has 0 spiro atoms. The molecule has 1 unspecified atom stereocenters. The Bertz CT molecular complexity index is 904. The Morgan fingerprint density at radius 2 is 1.92 bits per heavy atom. The van der Waals surface area contributed by atoms with Crippen molar-refractivity contribution in [3.63, 3.8) is 0 Å². The minimum Gasteiger partial charge on any atom is -0.464 e. The van der Waals surface area contributed by atoms with Crippen LogP contribution in [0, 0.1) is 5.92 Å². The average Bonchev–Trinajstić information content (AvgIpc) is 3.36. The lowest BCUT2D eigenvalue weighted by molar-refractivity contribution is -0.147. The lowest BCUT2D eigenvalue weighted by Gasteiger charge is -2.24. The Morgan fingerprint density at radius 1 is 1.11 bits per heavy atom. The smallest absolute Gasteiger partial charge is 0.408 e. The van der Waals surface area contributed by atoms with Gasteiger partial charge >= 0.3 is 12.1 Å². The van der Waals surface area contributed by atoms with E-state index in [4.69, 9.17) is 28.4 Å². The first-order valence-corrected chi connectivity index (χ1v) is 12.6. The van der Waals surface area contributed by atoms with Gasteiger partial charge in [0.25, 0.3) is 0 Å². The van der Waals surface area contributed by atoms with Gasteiger partial charge in [0.05, 0.1) is 37.6 Å². The Morgan fingerprint density at radius 3 is 2.64 bits per heavy atom. The summed E-state index contributed by atoms with van der Waals surface area (Å²) in [6, 6.07) is 8.62. The largest absolute Gasteiger partial charge is 0.464 e. The predicted octanol–water partition coefficient (Wildman–Crippen LogP) is 3.16. The molecule has 0 aliphatic carbocycles. The van der Waals surface area contributed by atoms with Crippen molar-refractivity contribution in [2.75, 3.05) is 26.9 Å². The molecule has 2 fully saturated rings. The van der Waals surface area contributed by atoms with Crippen LogP contribution >= 0.6 is 0 Å². The van der Waals surface area contributed by atoms with Crippen LogP contribution in [0.1, 0.15) is 38.7 Å². The molecule has 1 aromatic rings. The van der Waals surface area contributed by atoms with Crippen LogP contribution in [-0.2, 0) is 39.6 Å². The number of benzene rings is 1. The van der Waals surface area contributed by atoms with Gasteiger partial charge in [0, 0.05) is 32.3 Å². The number of alkyl carbamates (subject to hydrolysis) is 1. The van der Waals surface area contributed by atoms with E-state index in [1.54, 1.807) is 7.11 Å². The molecule has 9 nitrogen and oxygen atoms in total. The number of carbonyl (C=O) groups is 2. The van der Waals surface area contributed by atoms with Gasteiger partial charge < -0.3 is 33.7 Å². The van der Waals surface area contributed by atoms with Crippen molar-refractivity contribution in [3.05, 3.63) is 48.0 Å². The molecule has 1 aromatic carbocycles. The molecule has 2 saturated heterocycles. The van der Waals surface area contributed by atoms with Gasteiger partial charge in [-0.05, 0) is 25.8 Å². The van der Waals surface area contributed by atoms with Crippen molar-refractivity contribution in [3.8, 4) is 0 Å². The number of cyclic esters (lactones) is 2. The number of hydrogen-bond acceptors (Lipinski definition) is 8. The van der Waals surface area contributed by atoms with Crippen LogP contribution in [0.2, 0.25) is 0 Å². The Kier molecular flexibility index (Phi) is 9.00. The summed E-state index contributed by atoms with van der Waals surface area (Å²) in [4.78, 5) is 25.2. The molecule has 1 amide bonds. The molecular weight excluding hydrogens is 466 g/mol. The standard InChI is InChI=1S/C27H37NO8/c1-27(2)34-17-19(36-27)16-23-24(31-3)20-11-7-8-13-33-26(30)28-21(15-18-9-5-4-6-10-18)25(29)32-14-12-22(20)35-23/h4-10,19-24H,11-17H2,1-3H3,(H,28,30)/b8-7-/t19-,20-,21?,22-,23+,24+/m0/s1. The highest BCUT2D eigenvalue weighted by atomic mass is 16.7. The minimum absolute atomic E-state index is 0.0576. The second-order valence-corrected chi connectivity index (χ2v) is 9.91. The first-order chi connectivity index (χ1) is 17.3. The number of rotatable bonds is 5. The molecular formula is C27H37NO8. The molecule has 9 heteroatoms. The van der Waals surface area contributed by atoms with Crippen LogP contribution in [0.3, 0.4) is 0 Å². The van der Waals surface area contributed by atoms with Gasteiger partial charge in [-0.3, -0.25) is 0 Å². The van der Waals surface area contributed by atoms with Crippen molar-refractivity contribution in [1.82, 2.24) is 5.32 Å². The van der Waals surface area contributed by atoms with Crippen LogP contribution in [0.5, 0.6) is 0 Å². The molecule has 1 N–H and O–H groups in total. The Hall–Kier alpha value is -2.46. The van der Waals surface area contributed by atoms with E-state index in [0.29, 0.717) is 32.3 Å². The van der Waals surface area contributed by atoms with Gasteiger partial charge in [-0.1, -0.05) is 42.5 Å². The number of esters is 1. The molecule has 36 heavy (non-hydrogen) atoms. The molecule has 3 heterocycles. The van der Waals surface area contributed by atoms with Gasteiger partial charge in [0.15, 0.2) is 5.79 Å². The van der Waals surface area contributed by atoms with E-state index < -0.39 is 23.9 Å². The first-order valence-electron chi connectivity index (χ1n) is 12.6. The van der Waals surface area contributed by atoms with Gasteiger partial charge in [-0.2, -0.15) is 0 Å². The van der Waals surface area contributed by atoms with Crippen LogP contribution in [0.15, 0.2) is 42.5 Å². The summed E-state index contributed by atoms with van der Waals surface area (Å²) in [5.41, 5.74) is 0.909. The summed E-state index contributed by atoms with van der Waals surface area (Å²) < 4.78 is 34.9. The minimum atomic E-state index is -0.852. The van der Waals surface area contributed by atoms with E-state index in [-0.39, 0.29) is 43.5 Å². The summed E-state index contributed by atoms with van der Waals surface area (Å²) in [5, 5.41) is 2.64. The summed E-state index contributed by atoms with van der Waals surface area (Å²) in [6.45, 7) is 4.59. The third kappa shape index (κ3) is 7.06. The molecule has 3 aliphatic rings. The molecule has 3 aliphatic heterocycles. The molecule has 0 saturated carbocycles. The lowest BCUT2D eigenvalue weighted by Crippen LogP contribution is -2.44. The topological polar surface area (TPSA) is 102 Å². The number of hydrogen-bond donors (Lipinski definition) is 1. The maximum absolute atomic E-state index is 12.9. The van der Waals surface area contributed by atoms with E-state index in [1.807, 2.05) is 56.3 Å². The molecule has 198 valence electrons. The number of allylic oxidation sites excluding steroid dienone is 1. The summed E-state index contributed by atoms with van der Waals surface area (Å²) >= 11 is 0.